The van der Waals surface area contributed by atoms with Gasteiger partial charge in [-0.15, -0.1) is 0 Å². The van der Waals surface area contributed by atoms with E-state index in [-0.39, 0.29) is 5.41 Å². The lowest BCUT2D eigenvalue weighted by Crippen LogP contribution is -2.35. The van der Waals surface area contributed by atoms with E-state index in [0.717, 1.165) is 46.6 Å². The van der Waals surface area contributed by atoms with E-state index in [1.807, 2.05) is 12.1 Å². The van der Waals surface area contributed by atoms with Gasteiger partial charge in [-0.1, -0.05) is 86.2 Å². The molecule has 0 saturated heterocycles. The second-order valence-corrected chi connectivity index (χ2v) is 11.5. The average Bonchev–Trinajstić information content (AvgIpc) is 3.34. The summed E-state index contributed by atoms with van der Waals surface area (Å²) < 4.78 is 18.7. The maximum Gasteiger partial charge on any atom is 0.178 e. The molecule has 0 radical (unpaired) electrons. The van der Waals surface area contributed by atoms with E-state index in [2.05, 4.69) is 112 Å². The Labute approximate surface area is 248 Å². The fourth-order valence-corrected chi connectivity index (χ4v) is 7.42. The van der Waals surface area contributed by atoms with Crippen molar-refractivity contribution in [3.05, 3.63) is 130 Å². The Balaban J connectivity index is 1.59. The molecular weight excluding hydrogens is 516 g/mol. The lowest BCUT2D eigenvalue weighted by Gasteiger charge is -2.39. The number of rotatable bonds is 6. The van der Waals surface area contributed by atoms with Crippen molar-refractivity contribution < 1.29 is 14.2 Å². The van der Waals surface area contributed by atoms with Crippen LogP contribution >= 0.6 is 0 Å². The summed E-state index contributed by atoms with van der Waals surface area (Å²) >= 11 is 0. The third-order valence-corrected chi connectivity index (χ3v) is 9.62. The van der Waals surface area contributed by atoms with E-state index >= 15 is 0 Å². The molecule has 0 aromatic heterocycles. The SMILES string of the molecule is CCC1(CC)c2cc(C)ccc2-c2c1c1c(c3cc(OC)ccc23)OC(c2ccccc2)(c2ccc(OC)cc2)C=C1. The summed E-state index contributed by atoms with van der Waals surface area (Å²) in [7, 11) is 3.42. The molecular formula is C39H36O3. The lowest BCUT2D eigenvalue weighted by atomic mass is 9.71. The third kappa shape index (κ3) is 3.59. The van der Waals surface area contributed by atoms with Crippen molar-refractivity contribution >= 4 is 16.8 Å². The normalized spacial score (nSPS) is 17.7. The molecule has 1 heterocycles. The molecule has 42 heavy (non-hydrogen) atoms. The fraction of sp³-hybridized carbons (Fsp3) is 0.231. The molecule has 2 aliphatic rings. The number of methoxy groups -OCH3 is 2. The molecule has 0 fully saturated rings. The summed E-state index contributed by atoms with van der Waals surface area (Å²) in [5, 5.41) is 2.27. The van der Waals surface area contributed by atoms with Crippen molar-refractivity contribution in [1.29, 1.82) is 0 Å². The van der Waals surface area contributed by atoms with Crippen LogP contribution in [-0.4, -0.2) is 14.2 Å². The number of fused-ring (bicyclic) bond motifs is 8. The number of hydrogen-bond donors (Lipinski definition) is 0. The Morgan fingerprint density at radius 2 is 1.40 bits per heavy atom. The van der Waals surface area contributed by atoms with Gasteiger partial charge in [-0.3, -0.25) is 0 Å². The molecule has 5 aromatic rings. The van der Waals surface area contributed by atoms with Crippen LogP contribution in [0.4, 0.5) is 0 Å². The molecule has 3 heteroatoms. The Hall–Kier alpha value is -4.50. The van der Waals surface area contributed by atoms with Crippen LogP contribution in [0.3, 0.4) is 0 Å². The Kier molecular flexibility index (Phi) is 6.16. The van der Waals surface area contributed by atoms with Crippen molar-refractivity contribution in [3.63, 3.8) is 0 Å². The molecule has 5 aromatic carbocycles. The van der Waals surface area contributed by atoms with Crippen LogP contribution in [0, 0.1) is 6.92 Å². The summed E-state index contributed by atoms with van der Waals surface area (Å²) in [6, 6.07) is 32.2. The van der Waals surface area contributed by atoms with Crippen molar-refractivity contribution in [3.8, 4) is 28.4 Å². The predicted octanol–water partition coefficient (Wildman–Crippen LogP) is 9.60. The molecule has 0 bridgehead atoms. The van der Waals surface area contributed by atoms with Crippen LogP contribution in [0.1, 0.15) is 60.1 Å². The van der Waals surface area contributed by atoms with Gasteiger partial charge >= 0.3 is 0 Å². The number of benzene rings is 5. The van der Waals surface area contributed by atoms with Crippen LogP contribution in [0.2, 0.25) is 0 Å². The molecule has 0 amide bonds. The molecule has 1 atom stereocenters. The van der Waals surface area contributed by atoms with E-state index in [1.54, 1.807) is 14.2 Å². The van der Waals surface area contributed by atoms with Crippen LogP contribution in [0.5, 0.6) is 17.2 Å². The Morgan fingerprint density at radius 3 is 2.10 bits per heavy atom. The topological polar surface area (TPSA) is 27.7 Å². The first kappa shape index (κ1) is 26.4. The minimum atomic E-state index is -0.812. The maximum atomic E-state index is 7.42. The van der Waals surface area contributed by atoms with Crippen LogP contribution < -0.4 is 14.2 Å². The van der Waals surface area contributed by atoms with Gasteiger partial charge in [-0.25, -0.2) is 0 Å². The van der Waals surface area contributed by atoms with E-state index in [4.69, 9.17) is 14.2 Å². The number of hydrogen-bond acceptors (Lipinski definition) is 3. The first-order valence-corrected chi connectivity index (χ1v) is 14.9. The highest BCUT2D eigenvalue weighted by molar-refractivity contribution is 6.09. The molecule has 1 unspecified atom stereocenters. The van der Waals surface area contributed by atoms with Gasteiger partial charge in [0.25, 0.3) is 0 Å². The third-order valence-electron chi connectivity index (χ3n) is 9.62. The predicted molar refractivity (Wildman–Crippen MR) is 172 cm³/mol. The average molecular weight is 553 g/mol. The van der Waals surface area contributed by atoms with Gasteiger partial charge < -0.3 is 14.2 Å². The smallest absolute Gasteiger partial charge is 0.178 e. The summed E-state index contributed by atoms with van der Waals surface area (Å²) in [5.41, 5.74) is 9.14. The highest BCUT2D eigenvalue weighted by Gasteiger charge is 2.46. The van der Waals surface area contributed by atoms with Crippen molar-refractivity contribution in [2.24, 2.45) is 0 Å². The Bertz CT molecular complexity index is 1850. The molecule has 0 spiro atoms. The molecule has 1 aliphatic heterocycles. The molecule has 3 nitrogen and oxygen atoms in total. The van der Waals surface area contributed by atoms with Gasteiger partial charge in [0, 0.05) is 27.5 Å². The molecule has 1 aliphatic carbocycles. The summed E-state index contributed by atoms with van der Waals surface area (Å²) in [4.78, 5) is 0. The highest BCUT2D eigenvalue weighted by Crippen LogP contribution is 2.60. The van der Waals surface area contributed by atoms with Crippen molar-refractivity contribution in [2.45, 2.75) is 44.6 Å². The van der Waals surface area contributed by atoms with E-state index in [9.17, 15) is 0 Å². The van der Waals surface area contributed by atoms with Crippen LogP contribution in [-0.2, 0) is 11.0 Å². The van der Waals surface area contributed by atoms with Crippen molar-refractivity contribution in [2.75, 3.05) is 14.2 Å². The minimum absolute atomic E-state index is 0.102. The molecule has 210 valence electrons. The zero-order chi connectivity index (χ0) is 29.1. The largest absolute Gasteiger partial charge is 0.497 e. The number of aryl methyl sites for hydroxylation is 1. The van der Waals surface area contributed by atoms with Crippen LogP contribution in [0.25, 0.3) is 28.0 Å². The Morgan fingerprint density at radius 1 is 0.714 bits per heavy atom. The zero-order valence-electron chi connectivity index (χ0n) is 25.0. The summed E-state index contributed by atoms with van der Waals surface area (Å²) in [5.74, 6) is 2.54. The first-order chi connectivity index (χ1) is 20.5. The highest BCUT2D eigenvalue weighted by atomic mass is 16.5. The fourth-order valence-electron chi connectivity index (χ4n) is 7.42. The monoisotopic (exact) mass is 552 g/mol. The van der Waals surface area contributed by atoms with Gasteiger partial charge in [0.2, 0.25) is 0 Å². The molecule has 0 saturated carbocycles. The lowest BCUT2D eigenvalue weighted by molar-refractivity contribution is 0.163. The minimum Gasteiger partial charge on any atom is -0.497 e. The second-order valence-electron chi connectivity index (χ2n) is 11.5. The van der Waals surface area contributed by atoms with Crippen molar-refractivity contribution in [1.82, 2.24) is 0 Å². The first-order valence-electron chi connectivity index (χ1n) is 14.9. The van der Waals surface area contributed by atoms with Gasteiger partial charge in [0.15, 0.2) is 5.60 Å². The molecule has 0 N–H and O–H groups in total. The zero-order valence-corrected chi connectivity index (χ0v) is 25.0. The molecule has 7 rings (SSSR count). The summed E-state index contributed by atoms with van der Waals surface area (Å²) in [6.07, 6.45) is 6.60. The van der Waals surface area contributed by atoms with E-state index in [0.29, 0.717) is 0 Å². The number of ether oxygens (including phenoxy) is 3. The second kappa shape index (κ2) is 9.80. The van der Waals surface area contributed by atoms with E-state index in [1.165, 1.54) is 38.8 Å². The standard InChI is InChI=1S/C39H36O3/c1-6-38(7-2)34-23-25(3)13-19-31(34)35-30-20-18-29(41-5)24-33(30)37-32(36(35)38)21-22-39(42-37,26-11-9-8-10-12-26)27-14-16-28(40-4)17-15-27/h8-24H,6-7H2,1-5H3. The maximum absolute atomic E-state index is 7.42. The van der Waals surface area contributed by atoms with Gasteiger partial charge in [-0.2, -0.15) is 0 Å². The van der Waals surface area contributed by atoms with Crippen LogP contribution in [0.15, 0.2) is 97.1 Å². The van der Waals surface area contributed by atoms with Gasteiger partial charge in [-0.05, 0) is 83.8 Å². The van der Waals surface area contributed by atoms with E-state index < -0.39 is 5.60 Å². The van der Waals surface area contributed by atoms with Gasteiger partial charge in [0.05, 0.1) is 14.2 Å². The quantitative estimate of drug-likeness (QED) is 0.210. The van der Waals surface area contributed by atoms with Gasteiger partial charge in [0.1, 0.15) is 17.2 Å². The summed E-state index contributed by atoms with van der Waals surface area (Å²) in [6.45, 7) is 6.85.